The Morgan fingerprint density at radius 1 is 0.421 bits per heavy atom. The highest BCUT2D eigenvalue weighted by Crippen LogP contribution is 2.17. The van der Waals surface area contributed by atoms with E-state index in [1.807, 2.05) is 0 Å². The van der Waals surface area contributed by atoms with Gasteiger partial charge < -0.3 is 58.0 Å². The second kappa shape index (κ2) is 26.0. The van der Waals surface area contributed by atoms with Crippen LogP contribution in [0.3, 0.4) is 0 Å². The molecule has 0 radical (unpaired) electrons. The van der Waals surface area contributed by atoms with Gasteiger partial charge in [-0.05, 0) is 0 Å². The Kier molecular flexibility index (Phi) is 21.4. The van der Waals surface area contributed by atoms with Gasteiger partial charge in [0.05, 0.1) is 0 Å². The fourth-order valence-corrected chi connectivity index (χ4v) is 3.10. The normalized spacial score (nSPS) is 12.2. The van der Waals surface area contributed by atoms with Crippen LogP contribution >= 0.6 is 0 Å². The van der Waals surface area contributed by atoms with Crippen LogP contribution in [-0.4, -0.2) is 142 Å². The topological polar surface area (TPSA) is 336 Å². The second-order valence-corrected chi connectivity index (χ2v) is 9.81. The van der Waals surface area contributed by atoms with E-state index in [1.54, 1.807) is 0 Å². The molecule has 1 heterocycles. The van der Waals surface area contributed by atoms with Gasteiger partial charge in [0.25, 0.3) is 0 Å². The monoisotopic (exact) mass is 807 g/mol. The average Bonchev–Trinajstić information content (AvgIpc) is 3.17. The molecule has 0 aromatic carbocycles. The Hall–Kier alpha value is -7.92. The number of carbonyl (C=O) groups excluding carboxylic acids is 6. The van der Waals surface area contributed by atoms with Crippen molar-refractivity contribution in [2.75, 3.05) is 39.6 Å². The standard InChI is InChI=1S/C33H33N3O21/c1-4-25(43)49-13-19(55-28(46)10-7-22(37)38)16-52-31-34-32(53-17-20(14-50-26(44)5-2)56-29(47)11-8-23(39)40)36-33(35-31)54-18-21(15-51-27(45)6-3)57-30(48)12-9-24(41)42/h4-12,19-21H,1-3,13-18H2,(H,37,38)(H,39,40)(H,41,42)/b10-7+,11-8+,12-9+. The number of aromatic nitrogens is 3. The van der Waals surface area contributed by atoms with Crippen molar-refractivity contribution in [1.29, 1.82) is 0 Å². The molecular weight excluding hydrogens is 774 g/mol. The summed E-state index contributed by atoms with van der Waals surface area (Å²) in [6, 6.07) is -2.04. The molecule has 0 saturated heterocycles. The second-order valence-electron chi connectivity index (χ2n) is 9.81. The van der Waals surface area contributed by atoms with Crippen molar-refractivity contribution < 1.29 is 101 Å². The van der Waals surface area contributed by atoms with E-state index in [-0.39, 0.29) is 0 Å². The van der Waals surface area contributed by atoms with Crippen LogP contribution in [0.4, 0.5) is 0 Å². The molecular formula is C33H33N3O21. The predicted octanol–water partition coefficient (Wildman–Crippen LogP) is -1.15. The van der Waals surface area contributed by atoms with E-state index < -0.39 is 130 Å². The third-order valence-corrected chi connectivity index (χ3v) is 5.44. The molecule has 3 unspecified atom stereocenters. The molecule has 0 aliphatic heterocycles. The highest BCUT2D eigenvalue weighted by atomic mass is 16.6. The summed E-state index contributed by atoms with van der Waals surface area (Å²) in [6.07, 6.45) is 1.06. The van der Waals surface area contributed by atoms with Crippen molar-refractivity contribution in [2.45, 2.75) is 18.3 Å². The number of hydrogen-bond acceptors (Lipinski definition) is 21. The zero-order valence-corrected chi connectivity index (χ0v) is 29.3. The summed E-state index contributed by atoms with van der Waals surface area (Å²) >= 11 is 0. The molecule has 0 aliphatic carbocycles. The molecule has 0 aliphatic rings. The van der Waals surface area contributed by atoms with Crippen LogP contribution in [-0.2, 0) is 71.6 Å². The fraction of sp³-hybridized carbons (Fsp3) is 0.273. The number of nitrogens with zero attached hydrogens (tertiary/aromatic N) is 3. The van der Waals surface area contributed by atoms with Gasteiger partial charge >= 0.3 is 71.8 Å². The van der Waals surface area contributed by atoms with E-state index in [0.717, 1.165) is 18.2 Å². The lowest BCUT2D eigenvalue weighted by Gasteiger charge is -2.19. The number of rotatable bonds is 27. The van der Waals surface area contributed by atoms with Gasteiger partial charge in [0.2, 0.25) is 0 Å². The Labute approximate surface area is 320 Å². The summed E-state index contributed by atoms with van der Waals surface area (Å²) in [4.78, 5) is 115. The zero-order chi connectivity index (χ0) is 42.8. The SMILES string of the molecule is C=CC(=O)OCC(COc1nc(OCC(COC(=O)C=C)OC(=O)/C=C/C(=O)O)nc(OCC(COC(=O)C=C)OC(=O)/C=C/C(=O)O)n1)OC(=O)/C=C/C(=O)O. The molecule has 0 fully saturated rings. The number of esters is 6. The van der Waals surface area contributed by atoms with Crippen LogP contribution in [0.15, 0.2) is 74.4 Å². The number of ether oxygens (including phenoxy) is 9. The fourth-order valence-electron chi connectivity index (χ4n) is 3.10. The third-order valence-electron chi connectivity index (χ3n) is 5.44. The van der Waals surface area contributed by atoms with Crippen molar-refractivity contribution in [2.24, 2.45) is 0 Å². The van der Waals surface area contributed by atoms with Crippen LogP contribution in [0.1, 0.15) is 0 Å². The van der Waals surface area contributed by atoms with E-state index in [0.29, 0.717) is 36.5 Å². The first-order valence-electron chi connectivity index (χ1n) is 15.4. The van der Waals surface area contributed by atoms with Crippen LogP contribution in [0, 0.1) is 0 Å². The largest absolute Gasteiger partial charge is 0.478 e. The number of carboxylic acids is 3. The lowest BCUT2D eigenvalue weighted by atomic mass is 10.4. The van der Waals surface area contributed by atoms with E-state index in [9.17, 15) is 43.2 Å². The molecule has 1 aromatic rings. The van der Waals surface area contributed by atoms with Gasteiger partial charge in [-0.15, -0.1) is 15.0 Å². The van der Waals surface area contributed by atoms with Gasteiger partial charge in [-0.1, -0.05) is 19.7 Å². The summed E-state index contributed by atoms with van der Waals surface area (Å²) < 4.78 is 46.1. The Morgan fingerprint density at radius 3 is 0.877 bits per heavy atom. The maximum absolute atomic E-state index is 12.1. The van der Waals surface area contributed by atoms with Crippen LogP contribution < -0.4 is 14.2 Å². The minimum absolute atomic E-state index is 0.464. The number of carbonyl (C=O) groups is 9. The Bertz CT molecular complexity index is 1560. The Morgan fingerprint density at radius 2 is 0.667 bits per heavy atom. The third kappa shape index (κ3) is 22.7. The summed E-state index contributed by atoms with van der Waals surface area (Å²) in [7, 11) is 0. The summed E-state index contributed by atoms with van der Waals surface area (Å²) in [5.74, 6) is -10.9. The van der Waals surface area contributed by atoms with Crippen molar-refractivity contribution in [3.8, 4) is 18.0 Å². The molecule has 0 saturated carbocycles. The minimum Gasteiger partial charge on any atom is -0.478 e. The molecule has 0 spiro atoms. The first kappa shape index (κ1) is 47.1. The molecule has 1 aromatic heterocycles. The van der Waals surface area contributed by atoms with Gasteiger partial charge in [-0.25, -0.2) is 43.2 Å². The molecule has 0 amide bonds. The molecule has 3 N–H and O–H groups in total. The van der Waals surface area contributed by atoms with Gasteiger partial charge in [0, 0.05) is 54.7 Å². The van der Waals surface area contributed by atoms with Crippen LogP contribution in [0.2, 0.25) is 0 Å². The van der Waals surface area contributed by atoms with Gasteiger partial charge in [0.15, 0.2) is 18.3 Å². The maximum Gasteiger partial charge on any atom is 0.331 e. The zero-order valence-electron chi connectivity index (χ0n) is 29.3. The highest BCUT2D eigenvalue weighted by molar-refractivity contribution is 5.92. The van der Waals surface area contributed by atoms with E-state index in [1.165, 1.54) is 0 Å². The van der Waals surface area contributed by atoms with E-state index in [4.69, 9.17) is 58.0 Å². The molecule has 24 nitrogen and oxygen atoms in total. The average molecular weight is 808 g/mol. The lowest BCUT2D eigenvalue weighted by Crippen LogP contribution is -2.32. The van der Waals surface area contributed by atoms with Gasteiger partial charge in [0.1, 0.15) is 39.6 Å². The predicted molar refractivity (Wildman–Crippen MR) is 180 cm³/mol. The summed E-state index contributed by atoms with van der Waals surface area (Å²) in [5, 5.41) is 26.3. The van der Waals surface area contributed by atoms with Crippen molar-refractivity contribution in [3.05, 3.63) is 74.4 Å². The lowest BCUT2D eigenvalue weighted by molar-refractivity contribution is -0.154. The number of carboxylic acid groups (broad SMARTS) is 3. The van der Waals surface area contributed by atoms with E-state index >= 15 is 0 Å². The molecule has 1 rings (SSSR count). The first-order valence-corrected chi connectivity index (χ1v) is 15.4. The maximum atomic E-state index is 12.1. The van der Waals surface area contributed by atoms with Crippen molar-refractivity contribution in [3.63, 3.8) is 0 Å². The molecule has 306 valence electrons. The summed E-state index contributed by atoms with van der Waals surface area (Å²) in [6.45, 7) is 5.57. The van der Waals surface area contributed by atoms with Crippen molar-refractivity contribution >= 4 is 53.7 Å². The van der Waals surface area contributed by atoms with Gasteiger partial charge in [-0.3, -0.25) is 0 Å². The minimum atomic E-state index is -1.48. The highest BCUT2D eigenvalue weighted by Gasteiger charge is 2.23. The van der Waals surface area contributed by atoms with Gasteiger partial charge in [-0.2, -0.15) is 0 Å². The molecule has 3 atom stereocenters. The van der Waals surface area contributed by atoms with E-state index in [2.05, 4.69) is 34.7 Å². The smallest absolute Gasteiger partial charge is 0.331 e. The van der Waals surface area contributed by atoms with Crippen LogP contribution in [0.5, 0.6) is 18.0 Å². The Balaban J connectivity index is 3.49. The van der Waals surface area contributed by atoms with Crippen LogP contribution in [0.25, 0.3) is 0 Å². The molecule has 24 heteroatoms. The number of hydrogen-bond donors (Lipinski definition) is 3. The molecule has 57 heavy (non-hydrogen) atoms. The first-order chi connectivity index (χ1) is 27.0. The molecule has 0 bridgehead atoms. The van der Waals surface area contributed by atoms with Crippen molar-refractivity contribution in [1.82, 2.24) is 15.0 Å². The quantitative estimate of drug-likeness (QED) is 0.0537. The number of aliphatic carboxylic acids is 3. The summed E-state index contributed by atoms with van der Waals surface area (Å²) in [5.41, 5.74) is 0.